The van der Waals surface area contributed by atoms with Crippen molar-refractivity contribution in [1.29, 1.82) is 0 Å². The Hall–Kier alpha value is -1.97. The molecule has 2 heterocycles. The minimum atomic E-state index is -0.685. The fourth-order valence-electron chi connectivity index (χ4n) is 6.07. The number of rotatable bonds is 5. The number of anilines is 2. The molecule has 3 N–H and O–H groups in total. The molecule has 4 aliphatic rings. The third-order valence-corrected chi connectivity index (χ3v) is 7.58. The van der Waals surface area contributed by atoms with E-state index in [4.69, 9.17) is 0 Å². The van der Waals surface area contributed by atoms with Gasteiger partial charge in [0, 0.05) is 44.8 Å². The van der Waals surface area contributed by atoms with Crippen molar-refractivity contribution in [3.8, 4) is 0 Å². The van der Waals surface area contributed by atoms with E-state index < -0.39 is 23.6 Å². The molecule has 1 aromatic carbocycles. The Labute approximate surface area is 198 Å². The van der Waals surface area contributed by atoms with Crippen LogP contribution in [0.4, 0.5) is 20.2 Å². The van der Waals surface area contributed by atoms with Crippen LogP contribution in [0.3, 0.4) is 0 Å². The summed E-state index contributed by atoms with van der Waals surface area (Å²) in [6, 6.07) is 1.75. The Bertz CT molecular complexity index is 888. The molecular weight excluding hydrogens is 454 g/mol. The van der Waals surface area contributed by atoms with Crippen LogP contribution in [0, 0.1) is 23.0 Å². The Kier molecular flexibility index (Phi) is 6.85. The normalized spacial score (nSPS) is 32.0. The predicted octanol–water partition coefficient (Wildman–Crippen LogP) is 2.28. The quantitative estimate of drug-likeness (QED) is 0.556. The van der Waals surface area contributed by atoms with E-state index >= 15 is 0 Å². The molecule has 2 amide bonds. The molecule has 1 atom stereocenters. The first-order valence-corrected chi connectivity index (χ1v) is 11.5. The SMILES string of the molecule is Cl.O=C1CCC(Nc2cc(F)c(N3CCN(CC4CC5(CC(O)C5)C4)CC3)c(F)c2)C(=O)N1. The zero-order valence-corrected chi connectivity index (χ0v) is 19.3. The third kappa shape index (κ3) is 4.95. The van der Waals surface area contributed by atoms with E-state index in [1.54, 1.807) is 4.90 Å². The number of imide groups is 1. The third-order valence-electron chi connectivity index (χ3n) is 7.58. The Morgan fingerprint density at radius 1 is 1.06 bits per heavy atom. The molecule has 0 bridgehead atoms. The number of hydrogen-bond acceptors (Lipinski definition) is 6. The fraction of sp³-hybridized carbons (Fsp3) is 0.652. The molecule has 7 nitrogen and oxygen atoms in total. The second-order valence-corrected chi connectivity index (χ2v) is 10.1. The van der Waals surface area contributed by atoms with Crippen LogP contribution in [-0.4, -0.2) is 66.7 Å². The topological polar surface area (TPSA) is 84.9 Å². The average molecular weight is 485 g/mol. The van der Waals surface area contributed by atoms with Gasteiger partial charge in [-0.05, 0) is 55.6 Å². The Morgan fingerprint density at radius 3 is 2.27 bits per heavy atom. The number of aliphatic hydroxyl groups is 1. The lowest BCUT2D eigenvalue weighted by Gasteiger charge is -2.57. The summed E-state index contributed by atoms with van der Waals surface area (Å²) >= 11 is 0. The minimum absolute atomic E-state index is 0. The van der Waals surface area contributed by atoms with Crippen molar-refractivity contribution >= 4 is 35.6 Å². The van der Waals surface area contributed by atoms with Crippen molar-refractivity contribution in [3.63, 3.8) is 0 Å². The lowest BCUT2D eigenvalue weighted by Crippen LogP contribution is -2.54. The summed E-state index contributed by atoms with van der Waals surface area (Å²) in [5, 5.41) is 14.6. The monoisotopic (exact) mass is 484 g/mol. The largest absolute Gasteiger partial charge is 0.393 e. The maximum atomic E-state index is 14.8. The van der Waals surface area contributed by atoms with E-state index in [-0.39, 0.29) is 42.2 Å². The van der Waals surface area contributed by atoms with Gasteiger partial charge in [-0.25, -0.2) is 8.78 Å². The number of carbonyl (C=O) groups is 2. The van der Waals surface area contributed by atoms with Crippen molar-refractivity contribution in [3.05, 3.63) is 23.8 Å². The van der Waals surface area contributed by atoms with Crippen LogP contribution in [0.1, 0.15) is 38.5 Å². The lowest BCUT2D eigenvalue weighted by atomic mass is 9.50. The highest BCUT2D eigenvalue weighted by Gasteiger charge is 2.52. The van der Waals surface area contributed by atoms with E-state index in [1.165, 1.54) is 25.0 Å². The molecule has 182 valence electrons. The van der Waals surface area contributed by atoms with Crippen LogP contribution in [-0.2, 0) is 9.59 Å². The molecule has 0 aromatic heterocycles. The second kappa shape index (κ2) is 9.35. The zero-order valence-electron chi connectivity index (χ0n) is 18.5. The van der Waals surface area contributed by atoms with E-state index in [0.29, 0.717) is 30.8 Å². The van der Waals surface area contributed by atoms with E-state index in [1.807, 2.05) is 0 Å². The molecule has 10 heteroatoms. The standard InChI is InChI=1S/C23H30F2N4O3.ClH/c24-17-7-15(26-19-1-2-20(31)27-22(19)32)8-18(25)21(17)29-5-3-28(4-6-29)13-14-9-23(10-14)11-16(30)12-23;/h7-8,14,16,19,26,30H,1-6,9-13H2,(H,27,31,32);1H. The molecule has 1 spiro atoms. The Balaban J connectivity index is 0.00000259. The van der Waals surface area contributed by atoms with Gasteiger partial charge in [-0.2, -0.15) is 0 Å². The van der Waals surface area contributed by atoms with Gasteiger partial charge in [-0.1, -0.05) is 0 Å². The molecular formula is C23H31ClF2N4O3. The molecule has 5 rings (SSSR count). The summed E-state index contributed by atoms with van der Waals surface area (Å²) in [6.45, 7) is 3.67. The number of nitrogens with zero attached hydrogens (tertiary/aromatic N) is 2. The molecule has 1 unspecified atom stereocenters. The molecule has 2 saturated heterocycles. The van der Waals surface area contributed by atoms with Crippen molar-refractivity contribution in [1.82, 2.24) is 10.2 Å². The number of hydrogen-bond donors (Lipinski definition) is 3. The van der Waals surface area contributed by atoms with Gasteiger partial charge in [0.15, 0.2) is 11.6 Å². The van der Waals surface area contributed by atoms with Crippen LogP contribution in [0.2, 0.25) is 0 Å². The maximum absolute atomic E-state index is 14.8. The number of piperidine rings is 1. The number of nitrogens with one attached hydrogen (secondary N) is 2. The van der Waals surface area contributed by atoms with Gasteiger partial charge in [0.2, 0.25) is 11.8 Å². The van der Waals surface area contributed by atoms with Gasteiger partial charge in [0.25, 0.3) is 0 Å². The van der Waals surface area contributed by atoms with Crippen molar-refractivity contribution in [2.45, 2.75) is 50.7 Å². The van der Waals surface area contributed by atoms with E-state index in [0.717, 1.165) is 32.5 Å². The summed E-state index contributed by atoms with van der Waals surface area (Å²) < 4.78 is 29.7. The number of benzene rings is 1. The molecule has 4 fully saturated rings. The first-order valence-electron chi connectivity index (χ1n) is 11.5. The molecule has 33 heavy (non-hydrogen) atoms. The van der Waals surface area contributed by atoms with Crippen LogP contribution in [0.5, 0.6) is 0 Å². The molecule has 2 aliphatic carbocycles. The van der Waals surface area contributed by atoms with E-state index in [2.05, 4.69) is 15.5 Å². The van der Waals surface area contributed by atoms with Crippen molar-refractivity contribution < 1.29 is 23.5 Å². The van der Waals surface area contributed by atoms with E-state index in [9.17, 15) is 23.5 Å². The minimum Gasteiger partial charge on any atom is -0.393 e. The summed E-state index contributed by atoms with van der Waals surface area (Å²) in [6.07, 6.45) is 4.66. The number of carbonyl (C=O) groups excluding carboxylic acids is 2. The van der Waals surface area contributed by atoms with Gasteiger partial charge < -0.3 is 15.3 Å². The summed E-state index contributed by atoms with van der Waals surface area (Å²) in [5.41, 5.74) is 0.573. The lowest BCUT2D eigenvalue weighted by molar-refractivity contribution is -0.133. The average Bonchev–Trinajstić information content (AvgIpc) is 2.68. The molecule has 2 saturated carbocycles. The highest BCUT2D eigenvalue weighted by Crippen LogP contribution is 2.58. The summed E-state index contributed by atoms with van der Waals surface area (Å²) in [5.74, 6) is -1.46. The predicted molar refractivity (Wildman–Crippen MR) is 122 cm³/mol. The highest BCUT2D eigenvalue weighted by molar-refractivity contribution is 6.01. The maximum Gasteiger partial charge on any atom is 0.249 e. The highest BCUT2D eigenvalue weighted by atomic mass is 35.5. The van der Waals surface area contributed by atoms with Crippen LogP contribution in [0.25, 0.3) is 0 Å². The summed E-state index contributed by atoms with van der Waals surface area (Å²) in [4.78, 5) is 27.3. The molecule has 2 aliphatic heterocycles. The number of piperazine rings is 1. The molecule has 0 radical (unpaired) electrons. The Morgan fingerprint density at radius 2 is 1.70 bits per heavy atom. The smallest absolute Gasteiger partial charge is 0.249 e. The van der Waals surface area contributed by atoms with Crippen LogP contribution < -0.4 is 15.5 Å². The molecule has 1 aromatic rings. The van der Waals surface area contributed by atoms with Gasteiger partial charge in [0.1, 0.15) is 11.7 Å². The number of amides is 2. The van der Waals surface area contributed by atoms with Gasteiger partial charge >= 0.3 is 0 Å². The van der Waals surface area contributed by atoms with Gasteiger partial charge in [-0.15, -0.1) is 12.4 Å². The summed E-state index contributed by atoms with van der Waals surface area (Å²) in [7, 11) is 0. The fourth-order valence-corrected chi connectivity index (χ4v) is 6.07. The second-order valence-electron chi connectivity index (χ2n) is 10.1. The van der Waals surface area contributed by atoms with Crippen LogP contribution >= 0.6 is 12.4 Å². The zero-order chi connectivity index (χ0) is 22.5. The number of halogens is 3. The first-order chi connectivity index (χ1) is 15.3. The van der Waals surface area contributed by atoms with Crippen LogP contribution in [0.15, 0.2) is 12.1 Å². The first kappa shape index (κ1) is 24.2. The number of aliphatic hydroxyl groups excluding tert-OH is 1. The van der Waals surface area contributed by atoms with Gasteiger partial charge in [-0.3, -0.25) is 19.8 Å². The van der Waals surface area contributed by atoms with Crippen molar-refractivity contribution in [2.24, 2.45) is 11.3 Å². The van der Waals surface area contributed by atoms with Gasteiger partial charge in [0.05, 0.1) is 6.10 Å². The van der Waals surface area contributed by atoms with Crippen molar-refractivity contribution in [2.75, 3.05) is 42.9 Å².